The quantitative estimate of drug-likeness (QED) is 0.790. The van der Waals surface area contributed by atoms with Gasteiger partial charge in [0.1, 0.15) is 0 Å². The second-order valence-electron chi connectivity index (χ2n) is 3.89. The molecule has 1 unspecified atom stereocenters. The fourth-order valence-electron chi connectivity index (χ4n) is 1.87. The molecule has 2 N–H and O–H groups in total. The van der Waals surface area contributed by atoms with Crippen LogP contribution in [0.3, 0.4) is 0 Å². The molecule has 0 aliphatic rings. The van der Waals surface area contributed by atoms with Crippen LogP contribution in [0.4, 0.5) is 0 Å². The molecule has 0 spiro atoms. The lowest BCUT2D eigenvalue weighted by molar-refractivity contribution is 0.648. The maximum Gasteiger partial charge on any atom is 0.0649 e. The smallest absolute Gasteiger partial charge is 0.0649 e. The van der Waals surface area contributed by atoms with Crippen molar-refractivity contribution < 1.29 is 0 Å². The van der Waals surface area contributed by atoms with E-state index >= 15 is 0 Å². The first-order chi connectivity index (χ1) is 7.83. The fourth-order valence-corrected chi connectivity index (χ4v) is 1.87. The van der Waals surface area contributed by atoms with Gasteiger partial charge in [-0.3, -0.25) is 4.98 Å². The number of nitrogens with two attached hydrogens (primary N) is 1. The Morgan fingerprint density at radius 1 is 1.31 bits per heavy atom. The zero-order valence-electron chi connectivity index (χ0n) is 9.26. The topological polar surface area (TPSA) is 38.9 Å². The molecule has 82 valence electrons. The predicted octanol–water partition coefficient (Wildman–Crippen LogP) is 3.20. The third-order valence-electron chi connectivity index (χ3n) is 2.74. The first kappa shape index (κ1) is 10.8. The average Bonchev–Trinajstić information content (AvgIpc) is 2.35. The normalized spacial score (nSPS) is 12.6. The van der Waals surface area contributed by atoms with Crippen LogP contribution < -0.4 is 5.73 Å². The molecular formula is C14H16N2. The summed E-state index contributed by atoms with van der Waals surface area (Å²) in [5.74, 6) is 0. The van der Waals surface area contributed by atoms with Gasteiger partial charge >= 0.3 is 0 Å². The Hall–Kier alpha value is -1.67. The number of hydrogen-bond acceptors (Lipinski definition) is 2. The molecule has 1 heterocycles. The van der Waals surface area contributed by atoms with E-state index in [9.17, 15) is 0 Å². The third-order valence-corrected chi connectivity index (χ3v) is 2.74. The lowest BCUT2D eigenvalue weighted by atomic mass is 10.0. The predicted molar refractivity (Wildman–Crippen MR) is 68.1 cm³/mol. The molecule has 16 heavy (non-hydrogen) atoms. The highest BCUT2D eigenvalue weighted by atomic mass is 14.8. The third kappa shape index (κ3) is 2.12. The van der Waals surface area contributed by atoms with E-state index in [1.54, 1.807) is 0 Å². The van der Waals surface area contributed by atoms with Gasteiger partial charge in [0.15, 0.2) is 0 Å². The van der Waals surface area contributed by atoms with Crippen LogP contribution in [0.15, 0.2) is 49.2 Å². The Morgan fingerprint density at radius 3 is 2.94 bits per heavy atom. The first-order valence-electron chi connectivity index (χ1n) is 5.53. The summed E-state index contributed by atoms with van der Waals surface area (Å²) < 4.78 is 0. The van der Waals surface area contributed by atoms with Crippen LogP contribution in [0.25, 0.3) is 10.8 Å². The molecular weight excluding hydrogens is 196 g/mol. The number of allylic oxidation sites excluding steroid dienone is 1. The molecule has 2 heteroatoms. The van der Waals surface area contributed by atoms with Crippen molar-refractivity contribution in [2.75, 3.05) is 0 Å². The van der Waals surface area contributed by atoms with Gasteiger partial charge in [0.25, 0.3) is 0 Å². The van der Waals surface area contributed by atoms with E-state index in [-0.39, 0.29) is 6.04 Å². The van der Waals surface area contributed by atoms with E-state index in [4.69, 9.17) is 5.73 Å². The maximum absolute atomic E-state index is 6.14. The minimum Gasteiger partial charge on any atom is -0.323 e. The van der Waals surface area contributed by atoms with E-state index < -0.39 is 0 Å². The van der Waals surface area contributed by atoms with Crippen molar-refractivity contribution in [1.29, 1.82) is 0 Å². The molecule has 0 saturated carbocycles. The Balaban J connectivity index is 2.39. The largest absolute Gasteiger partial charge is 0.323 e. The van der Waals surface area contributed by atoms with E-state index in [1.807, 2.05) is 30.5 Å². The van der Waals surface area contributed by atoms with E-state index in [1.165, 1.54) is 5.39 Å². The van der Waals surface area contributed by atoms with Gasteiger partial charge in [-0.05, 0) is 24.3 Å². The van der Waals surface area contributed by atoms with Crippen molar-refractivity contribution in [3.05, 3.63) is 54.9 Å². The van der Waals surface area contributed by atoms with Crippen molar-refractivity contribution in [2.24, 2.45) is 5.73 Å². The van der Waals surface area contributed by atoms with Crippen LogP contribution in [0.5, 0.6) is 0 Å². The summed E-state index contributed by atoms with van der Waals surface area (Å²) in [6, 6.07) is 10.2. The minimum atomic E-state index is -0.0101. The summed E-state index contributed by atoms with van der Waals surface area (Å²) in [6.45, 7) is 3.71. The molecule has 2 nitrogen and oxygen atoms in total. The molecule has 0 aliphatic heterocycles. The van der Waals surface area contributed by atoms with Crippen molar-refractivity contribution >= 4 is 10.8 Å². The van der Waals surface area contributed by atoms with Crippen LogP contribution in [0.1, 0.15) is 24.6 Å². The van der Waals surface area contributed by atoms with Gasteiger partial charge in [-0.1, -0.05) is 30.3 Å². The van der Waals surface area contributed by atoms with Gasteiger partial charge in [-0.2, -0.15) is 0 Å². The van der Waals surface area contributed by atoms with E-state index in [0.717, 1.165) is 23.9 Å². The number of aromatic nitrogens is 1. The Kier molecular flexibility index (Phi) is 3.32. The Labute approximate surface area is 95.8 Å². The van der Waals surface area contributed by atoms with Crippen molar-refractivity contribution in [1.82, 2.24) is 4.98 Å². The van der Waals surface area contributed by atoms with Crippen LogP contribution in [0.2, 0.25) is 0 Å². The summed E-state index contributed by atoms with van der Waals surface area (Å²) in [6.07, 6.45) is 5.53. The summed E-state index contributed by atoms with van der Waals surface area (Å²) in [5, 5.41) is 2.35. The van der Waals surface area contributed by atoms with Gasteiger partial charge < -0.3 is 5.73 Å². The Bertz CT molecular complexity index is 486. The van der Waals surface area contributed by atoms with Crippen LogP contribution in [0, 0.1) is 0 Å². The molecule has 1 aromatic carbocycles. The van der Waals surface area contributed by atoms with Gasteiger partial charge in [0.05, 0.1) is 5.69 Å². The monoisotopic (exact) mass is 212 g/mol. The summed E-state index contributed by atoms with van der Waals surface area (Å²) in [7, 11) is 0. The lowest BCUT2D eigenvalue weighted by Crippen LogP contribution is -2.12. The molecule has 2 aromatic rings. The second kappa shape index (κ2) is 4.90. The second-order valence-corrected chi connectivity index (χ2v) is 3.89. The molecule has 0 saturated heterocycles. The number of rotatable bonds is 4. The summed E-state index contributed by atoms with van der Waals surface area (Å²) in [5.41, 5.74) is 7.12. The molecule has 1 aromatic heterocycles. The van der Waals surface area contributed by atoms with Gasteiger partial charge in [0.2, 0.25) is 0 Å². The van der Waals surface area contributed by atoms with Crippen molar-refractivity contribution in [2.45, 2.75) is 18.9 Å². The SMILES string of the molecule is C=CCCC(N)c1nccc2ccccc12. The maximum atomic E-state index is 6.14. The lowest BCUT2D eigenvalue weighted by Gasteiger charge is -2.12. The summed E-state index contributed by atoms with van der Waals surface area (Å²) in [4.78, 5) is 4.40. The molecule has 0 radical (unpaired) electrons. The number of pyridine rings is 1. The van der Waals surface area contributed by atoms with Crippen molar-refractivity contribution in [3.8, 4) is 0 Å². The molecule has 2 rings (SSSR count). The zero-order valence-corrected chi connectivity index (χ0v) is 9.26. The first-order valence-corrected chi connectivity index (χ1v) is 5.53. The van der Waals surface area contributed by atoms with Gasteiger partial charge in [0, 0.05) is 17.6 Å². The average molecular weight is 212 g/mol. The van der Waals surface area contributed by atoms with E-state index in [2.05, 4.69) is 23.7 Å². The molecule has 0 fully saturated rings. The van der Waals surface area contributed by atoms with E-state index in [0.29, 0.717) is 0 Å². The fraction of sp³-hybridized carbons (Fsp3) is 0.214. The molecule has 0 bridgehead atoms. The van der Waals surface area contributed by atoms with Crippen LogP contribution in [-0.2, 0) is 0 Å². The zero-order chi connectivity index (χ0) is 11.4. The number of nitrogens with zero attached hydrogens (tertiary/aromatic N) is 1. The van der Waals surface area contributed by atoms with Crippen molar-refractivity contribution in [3.63, 3.8) is 0 Å². The minimum absolute atomic E-state index is 0.0101. The number of hydrogen-bond donors (Lipinski definition) is 1. The van der Waals surface area contributed by atoms with Crippen LogP contribution >= 0.6 is 0 Å². The molecule has 0 amide bonds. The number of benzene rings is 1. The highest BCUT2D eigenvalue weighted by Gasteiger charge is 2.09. The van der Waals surface area contributed by atoms with Gasteiger partial charge in [-0.25, -0.2) is 0 Å². The van der Waals surface area contributed by atoms with Gasteiger partial charge in [-0.15, -0.1) is 6.58 Å². The highest BCUT2D eigenvalue weighted by molar-refractivity contribution is 5.84. The Morgan fingerprint density at radius 2 is 2.12 bits per heavy atom. The highest BCUT2D eigenvalue weighted by Crippen LogP contribution is 2.23. The standard InChI is InChI=1S/C14H16N2/c1-2-3-8-13(15)14-12-7-5-4-6-11(12)9-10-16-14/h2,4-7,9-10,13H,1,3,8,15H2. The number of fused-ring (bicyclic) bond motifs is 1. The molecule has 1 atom stereocenters. The molecule has 0 aliphatic carbocycles. The summed E-state index contributed by atoms with van der Waals surface area (Å²) >= 11 is 0. The van der Waals surface area contributed by atoms with Crippen LogP contribution in [-0.4, -0.2) is 4.98 Å².